The molecular formula is C18H18BrNO4. The van der Waals surface area contributed by atoms with E-state index in [2.05, 4.69) is 21.2 Å². The number of benzene rings is 2. The van der Waals surface area contributed by atoms with Crippen molar-refractivity contribution in [2.75, 3.05) is 0 Å². The van der Waals surface area contributed by atoms with E-state index in [1.165, 1.54) is 6.92 Å². The molecule has 0 heterocycles. The lowest BCUT2D eigenvalue weighted by Gasteiger charge is -2.26. The second-order valence-corrected chi connectivity index (χ2v) is 6.45. The number of alkyl carbamates (subject to hydrolysis) is 1. The van der Waals surface area contributed by atoms with Crippen molar-refractivity contribution in [1.29, 1.82) is 0 Å². The van der Waals surface area contributed by atoms with Crippen LogP contribution in [0.15, 0.2) is 59.1 Å². The highest BCUT2D eigenvalue weighted by atomic mass is 79.9. The Bertz CT molecular complexity index is 720. The third-order valence-electron chi connectivity index (χ3n) is 3.56. The van der Waals surface area contributed by atoms with Crippen LogP contribution < -0.4 is 5.32 Å². The van der Waals surface area contributed by atoms with Gasteiger partial charge in [0.25, 0.3) is 0 Å². The number of aliphatic carboxylic acids is 1. The summed E-state index contributed by atoms with van der Waals surface area (Å²) in [5, 5.41) is 12.0. The van der Waals surface area contributed by atoms with Crippen LogP contribution in [-0.2, 0) is 22.6 Å². The van der Waals surface area contributed by atoms with Crippen molar-refractivity contribution in [3.8, 4) is 0 Å². The van der Waals surface area contributed by atoms with E-state index in [1.54, 1.807) is 0 Å². The summed E-state index contributed by atoms with van der Waals surface area (Å²) < 4.78 is 5.91. The molecule has 1 atom stereocenters. The molecule has 2 aromatic carbocycles. The van der Waals surface area contributed by atoms with Gasteiger partial charge in [-0.05, 0) is 24.1 Å². The Morgan fingerprint density at radius 2 is 1.75 bits per heavy atom. The number of amides is 1. The van der Waals surface area contributed by atoms with Gasteiger partial charge in [0.1, 0.15) is 12.1 Å². The molecule has 0 radical (unpaired) electrons. The van der Waals surface area contributed by atoms with Crippen molar-refractivity contribution >= 4 is 28.0 Å². The van der Waals surface area contributed by atoms with E-state index in [4.69, 9.17) is 4.74 Å². The van der Waals surface area contributed by atoms with Gasteiger partial charge in [-0.3, -0.25) is 0 Å². The van der Waals surface area contributed by atoms with Crippen molar-refractivity contribution in [2.24, 2.45) is 0 Å². The van der Waals surface area contributed by atoms with E-state index in [9.17, 15) is 14.7 Å². The molecule has 0 aliphatic heterocycles. The monoisotopic (exact) mass is 391 g/mol. The standard InChI is InChI=1S/C18H18BrNO4/c1-18(16(21)22,11-14-9-5-6-10-15(14)19)20-17(23)24-12-13-7-3-2-4-8-13/h2-10H,11-12H2,1H3,(H,20,23)(H,21,22). The average molecular weight is 392 g/mol. The number of rotatable bonds is 6. The fourth-order valence-electron chi connectivity index (χ4n) is 2.18. The Kier molecular flexibility index (Phi) is 5.98. The molecule has 0 saturated heterocycles. The number of carbonyl (C=O) groups excluding carboxylic acids is 1. The maximum absolute atomic E-state index is 12.0. The minimum absolute atomic E-state index is 0.0808. The smallest absolute Gasteiger partial charge is 0.408 e. The molecule has 0 saturated carbocycles. The molecular weight excluding hydrogens is 374 g/mol. The van der Waals surface area contributed by atoms with E-state index in [0.29, 0.717) is 0 Å². The number of carboxylic acids is 1. The number of ether oxygens (including phenoxy) is 1. The first kappa shape index (κ1) is 18.0. The summed E-state index contributed by atoms with van der Waals surface area (Å²) in [4.78, 5) is 23.7. The van der Waals surface area contributed by atoms with E-state index >= 15 is 0 Å². The van der Waals surface area contributed by atoms with Gasteiger partial charge in [-0.15, -0.1) is 0 Å². The van der Waals surface area contributed by atoms with Crippen molar-refractivity contribution in [2.45, 2.75) is 25.5 Å². The molecule has 0 fully saturated rings. The molecule has 126 valence electrons. The van der Waals surface area contributed by atoms with Crippen LogP contribution in [0, 0.1) is 0 Å². The summed E-state index contributed by atoms with van der Waals surface area (Å²) in [5.41, 5.74) is 0.138. The Morgan fingerprint density at radius 3 is 2.38 bits per heavy atom. The van der Waals surface area contributed by atoms with Crippen LogP contribution in [0.2, 0.25) is 0 Å². The highest BCUT2D eigenvalue weighted by molar-refractivity contribution is 9.10. The van der Waals surface area contributed by atoms with E-state index in [-0.39, 0.29) is 13.0 Å². The number of carboxylic acid groups (broad SMARTS) is 1. The van der Waals surface area contributed by atoms with Crippen molar-refractivity contribution in [3.05, 3.63) is 70.2 Å². The first-order valence-corrected chi connectivity index (χ1v) is 8.16. The van der Waals surface area contributed by atoms with Crippen LogP contribution in [0.5, 0.6) is 0 Å². The molecule has 6 heteroatoms. The van der Waals surface area contributed by atoms with Gasteiger partial charge in [0.15, 0.2) is 0 Å². The molecule has 24 heavy (non-hydrogen) atoms. The maximum Gasteiger partial charge on any atom is 0.408 e. The minimum Gasteiger partial charge on any atom is -0.480 e. The second-order valence-electron chi connectivity index (χ2n) is 5.59. The average Bonchev–Trinajstić information content (AvgIpc) is 2.56. The molecule has 1 amide bonds. The zero-order chi connectivity index (χ0) is 17.6. The van der Waals surface area contributed by atoms with Crippen LogP contribution >= 0.6 is 15.9 Å². The van der Waals surface area contributed by atoms with E-state index < -0.39 is 17.6 Å². The van der Waals surface area contributed by atoms with Crippen LogP contribution in [0.4, 0.5) is 4.79 Å². The predicted molar refractivity (Wildman–Crippen MR) is 93.6 cm³/mol. The van der Waals surface area contributed by atoms with Crippen molar-refractivity contribution in [1.82, 2.24) is 5.32 Å². The number of hydrogen-bond donors (Lipinski definition) is 2. The van der Waals surface area contributed by atoms with Crippen LogP contribution in [0.3, 0.4) is 0 Å². The van der Waals surface area contributed by atoms with Gasteiger partial charge in [-0.25, -0.2) is 9.59 Å². The number of nitrogens with one attached hydrogen (secondary N) is 1. The molecule has 0 aliphatic carbocycles. The molecule has 2 aromatic rings. The Labute approximate surface area is 148 Å². The van der Waals surface area contributed by atoms with Crippen LogP contribution in [-0.4, -0.2) is 22.7 Å². The Morgan fingerprint density at radius 1 is 1.12 bits per heavy atom. The Hall–Kier alpha value is -2.34. The van der Waals surface area contributed by atoms with Gasteiger partial charge in [0, 0.05) is 10.9 Å². The Balaban J connectivity index is 2.03. The maximum atomic E-state index is 12.0. The molecule has 2 rings (SSSR count). The number of halogens is 1. The van der Waals surface area contributed by atoms with Gasteiger partial charge in [0.2, 0.25) is 0 Å². The summed E-state index contributed by atoms with van der Waals surface area (Å²) in [6.07, 6.45) is -0.639. The summed E-state index contributed by atoms with van der Waals surface area (Å²) in [6, 6.07) is 16.5. The molecule has 2 N–H and O–H groups in total. The topological polar surface area (TPSA) is 75.6 Å². The van der Waals surface area contributed by atoms with Gasteiger partial charge in [0.05, 0.1) is 0 Å². The third-order valence-corrected chi connectivity index (χ3v) is 4.34. The summed E-state index contributed by atoms with van der Waals surface area (Å²) in [5.74, 6) is -1.13. The van der Waals surface area contributed by atoms with Gasteiger partial charge in [-0.1, -0.05) is 64.5 Å². The highest BCUT2D eigenvalue weighted by Gasteiger charge is 2.36. The zero-order valence-electron chi connectivity index (χ0n) is 13.2. The number of hydrogen-bond acceptors (Lipinski definition) is 3. The zero-order valence-corrected chi connectivity index (χ0v) is 14.7. The first-order chi connectivity index (χ1) is 11.4. The lowest BCUT2D eigenvalue weighted by Crippen LogP contribution is -2.54. The van der Waals surface area contributed by atoms with E-state index in [0.717, 1.165) is 15.6 Å². The largest absolute Gasteiger partial charge is 0.480 e. The predicted octanol–water partition coefficient (Wildman–Crippen LogP) is 3.76. The summed E-state index contributed by atoms with van der Waals surface area (Å²) in [6.45, 7) is 1.54. The molecule has 0 spiro atoms. The van der Waals surface area contributed by atoms with E-state index in [1.807, 2.05) is 54.6 Å². The fourth-order valence-corrected chi connectivity index (χ4v) is 2.61. The number of carbonyl (C=O) groups is 2. The minimum atomic E-state index is -1.47. The van der Waals surface area contributed by atoms with Gasteiger partial charge in [-0.2, -0.15) is 0 Å². The summed E-state index contributed by atoms with van der Waals surface area (Å²) >= 11 is 3.39. The molecule has 0 aliphatic rings. The molecule has 5 nitrogen and oxygen atoms in total. The quantitative estimate of drug-likeness (QED) is 0.785. The molecule has 0 bridgehead atoms. The highest BCUT2D eigenvalue weighted by Crippen LogP contribution is 2.22. The lowest BCUT2D eigenvalue weighted by molar-refractivity contribution is -0.143. The fraction of sp³-hybridized carbons (Fsp3) is 0.222. The van der Waals surface area contributed by atoms with Crippen molar-refractivity contribution in [3.63, 3.8) is 0 Å². The van der Waals surface area contributed by atoms with Crippen molar-refractivity contribution < 1.29 is 19.4 Å². The van der Waals surface area contributed by atoms with Crippen LogP contribution in [0.1, 0.15) is 18.1 Å². The SMILES string of the molecule is CC(Cc1ccccc1Br)(NC(=O)OCc1ccccc1)C(=O)O. The van der Waals surface area contributed by atoms with Gasteiger partial charge < -0.3 is 15.2 Å². The third kappa shape index (κ3) is 4.83. The summed E-state index contributed by atoms with van der Waals surface area (Å²) in [7, 11) is 0. The second kappa shape index (κ2) is 7.97. The molecule has 1 unspecified atom stereocenters. The lowest BCUT2D eigenvalue weighted by atomic mass is 9.93. The normalized spacial score (nSPS) is 12.9. The van der Waals surface area contributed by atoms with Gasteiger partial charge >= 0.3 is 12.1 Å². The first-order valence-electron chi connectivity index (χ1n) is 7.36. The molecule has 0 aromatic heterocycles. The van der Waals surface area contributed by atoms with Crippen LogP contribution in [0.25, 0.3) is 0 Å².